The van der Waals surface area contributed by atoms with Crippen molar-refractivity contribution in [1.82, 2.24) is 0 Å². The van der Waals surface area contributed by atoms with E-state index in [0.29, 0.717) is 12.5 Å². The van der Waals surface area contributed by atoms with Gasteiger partial charge in [-0.3, -0.25) is 0 Å². The average Bonchev–Trinajstić information content (AvgIpc) is 2.89. The van der Waals surface area contributed by atoms with E-state index in [9.17, 15) is 0 Å². The van der Waals surface area contributed by atoms with Gasteiger partial charge in [0.05, 0.1) is 0 Å². The summed E-state index contributed by atoms with van der Waals surface area (Å²) in [6.45, 7) is 3.26. The first-order valence-electron chi connectivity index (χ1n) is 5.08. The van der Waals surface area contributed by atoms with E-state index in [1.54, 1.807) is 0 Å². The maximum atomic E-state index is 8.84. The number of aliphatic hydroxyl groups is 1. The molecule has 1 aliphatic rings. The second-order valence-corrected chi connectivity index (χ2v) is 4.20. The molecule has 0 aromatic heterocycles. The van der Waals surface area contributed by atoms with Gasteiger partial charge in [-0.25, -0.2) is 0 Å². The molecule has 0 unspecified atom stereocenters. The Morgan fingerprint density at radius 1 is 1.42 bits per heavy atom. The van der Waals surface area contributed by atoms with E-state index in [1.807, 2.05) is 0 Å². The molecule has 1 fully saturated rings. The van der Waals surface area contributed by atoms with Gasteiger partial charge in [0.1, 0.15) is 0 Å². The number of hydrogen-bond acceptors (Lipinski definition) is 2. The largest absolute Gasteiger partial charge is 0.396 e. The van der Waals surface area contributed by atoms with E-state index in [4.69, 9.17) is 10.8 Å². The topological polar surface area (TPSA) is 46.2 Å². The van der Waals surface area contributed by atoms with Crippen molar-refractivity contribution in [2.45, 2.75) is 32.6 Å². The van der Waals surface area contributed by atoms with Gasteiger partial charge in [-0.2, -0.15) is 0 Å². The van der Waals surface area contributed by atoms with E-state index in [2.05, 4.69) is 6.92 Å². The fraction of sp³-hybridized carbons (Fsp3) is 1.00. The van der Waals surface area contributed by atoms with E-state index in [0.717, 1.165) is 24.8 Å². The molecule has 1 rings (SSSR count). The van der Waals surface area contributed by atoms with Crippen molar-refractivity contribution in [3.63, 3.8) is 0 Å². The second kappa shape index (κ2) is 4.83. The van der Waals surface area contributed by atoms with Gasteiger partial charge in [-0.1, -0.05) is 6.92 Å². The quantitative estimate of drug-likeness (QED) is 0.634. The Labute approximate surface area is 75.2 Å². The van der Waals surface area contributed by atoms with Crippen molar-refractivity contribution in [2.75, 3.05) is 13.2 Å². The first-order valence-corrected chi connectivity index (χ1v) is 5.08. The lowest BCUT2D eigenvalue weighted by atomic mass is 9.93. The van der Waals surface area contributed by atoms with Crippen LogP contribution in [0.1, 0.15) is 32.6 Å². The monoisotopic (exact) mass is 171 g/mol. The molecule has 0 saturated heterocycles. The predicted molar refractivity (Wildman–Crippen MR) is 50.8 cm³/mol. The van der Waals surface area contributed by atoms with Crippen LogP contribution < -0.4 is 5.73 Å². The molecular formula is C10H21NO. The van der Waals surface area contributed by atoms with Crippen LogP contribution in [0.3, 0.4) is 0 Å². The molecule has 0 bridgehead atoms. The highest BCUT2D eigenvalue weighted by Gasteiger charge is 2.29. The van der Waals surface area contributed by atoms with Gasteiger partial charge in [0.15, 0.2) is 0 Å². The molecule has 1 saturated carbocycles. The molecule has 2 nitrogen and oxygen atoms in total. The van der Waals surface area contributed by atoms with Gasteiger partial charge in [-0.15, -0.1) is 0 Å². The van der Waals surface area contributed by atoms with Crippen LogP contribution in [0.4, 0.5) is 0 Å². The third kappa shape index (κ3) is 3.11. The van der Waals surface area contributed by atoms with Crippen LogP contribution in [0.5, 0.6) is 0 Å². The van der Waals surface area contributed by atoms with Gasteiger partial charge in [-0.05, 0) is 50.0 Å². The van der Waals surface area contributed by atoms with Crippen LogP contribution in [0.15, 0.2) is 0 Å². The summed E-state index contributed by atoms with van der Waals surface area (Å²) in [5.74, 6) is 2.11. The minimum absolute atomic E-state index is 0.321. The summed E-state index contributed by atoms with van der Waals surface area (Å²) in [5.41, 5.74) is 5.68. The third-order valence-electron chi connectivity index (χ3n) is 2.93. The van der Waals surface area contributed by atoms with Crippen LogP contribution in [-0.4, -0.2) is 18.3 Å². The second-order valence-electron chi connectivity index (χ2n) is 4.20. The number of nitrogens with two attached hydrogens (primary N) is 1. The van der Waals surface area contributed by atoms with E-state index in [-0.39, 0.29) is 0 Å². The summed E-state index contributed by atoms with van der Waals surface area (Å²) < 4.78 is 0. The lowest BCUT2D eigenvalue weighted by molar-refractivity contribution is 0.219. The van der Waals surface area contributed by atoms with E-state index >= 15 is 0 Å². The van der Waals surface area contributed by atoms with Crippen molar-refractivity contribution >= 4 is 0 Å². The molecule has 1 aliphatic carbocycles. The number of rotatable bonds is 6. The minimum Gasteiger partial charge on any atom is -0.396 e. The van der Waals surface area contributed by atoms with E-state index < -0.39 is 0 Å². The van der Waals surface area contributed by atoms with Crippen LogP contribution >= 0.6 is 0 Å². The van der Waals surface area contributed by atoms with Crippen LogP contribution in [0.2, 0.25) is 0 Å². The van der Waals surface area contributed by atoms with E-state index in [1.165, 1.54) is 19.3 Å². The molecule has 0 aliphatic heterocycles. The lowest BCUT2D eigenvalue weighted by Crippen LogP contribution is -2.17. The molecule has 0 heterocycles. The molecule has 0 spiro atoms. The highest BCUT2D eigenvalue weighted by atomic mass is 16.3. The SMILES string of the molecule is C[C@H](CO)CC[C@H](CN)C1CC1. The summed E-state index contributed by atoms with van der Waals surface area (Å²) in [5, 5.41) is 8.84. The summed E-state index contributed by atoms with van der Waals surface area (Å²) in [7, 11) is 0. The van der Waals surface area contributed by atoms with Crippen molar-refractivity contribution in [2.24, 2.45) is 23.5 Å². The van der Waals surface area contributed by atoms with Crippen molar-refractivity contribution in [3.8, 4) is 0 Å². The Morgan fingerprint density at radius 2 is 2.08 bits per heavy atom. The van der Waals surface area contributed by atoms with Gasteiger partial charge in [0, 0.05) is 6.61 Å². The zero-order valence-corrected chi connectivity index (χ0v) is 8.00. The number of hydrogen-bond donors (Lipinski definition) is 2. The first kappa shape index (κ1) is 10.0. The Bertz CT molecular complexity index is 123. The first-order chi connectivity index (χ1) is 5.77. The molecule has 2 atom stereocenters. The Balaban J connectivity index is 2.10. The molecule has 12 heavy (non-hydrogen) atoms. The highest BCUT2D eigenvalue weighted by Crippen LogP contribution is 2.38. The Morgan fingerprint density at radius 3 is 2.50 bits per heavy atom. The fourth-order valence-electron chi connectivity index (χ4n) is 1.70. The highest BCUT2D eigenvalue weighted by molar-refractivity contribution is 4.81. The molecule has 72 valence electrons. The summed E-state index contributed by atoms with van der Waals surface area (Å²) >= 11 is 0. The maximum absolute atomic E-state index is 8.84. The normalized spacial score (nSPS) is 22.2. The molecular weight excluding hydrogens is 150 g/mol. The molecule has 0 aromatic carbocycles. The maximum Gasteiger partial charge on any atom is 0.0456 e. The predicted octanol–water partition coefficient (Wildman–Crippen LogP) is 1.38. The summed E-state index contributed by atoms with van der Waals surface area (Å²) in [4.78, 5) is 0. The summed E-state index contributed by atoms with van der Waals surface area (Å²) in [6, 6.07) is 0. The standard InChI is InChI=1S/C10H21NO/c1-8(7-12)2-3-10(6-11)9-4-5-9/h8-10,12H,2-7,11H2,1H3/t8-,10+/m0/s1. The Hall–Kier alpha value is -0.0800. The van der Waals surface area contributed by atoms with Gasteiger partial charge in [0.2, 0.25) is 0 Å². The van der Waals surface area contributed by atoms with Crippen LogP contribution in [0, 0.1) is 17.8 Å². The lowest BCUT2D eigenvalue weighted by Gasteiger charge is -2.15. The van der Waals surface area contributed by atoms with Crippen molar-refractivity contribution in [3.05, 3.63) is 0 Å². The van der Waals surface area contributed by atoms with Crippen molar-refractivity contribution in [1.29, 1.82) is 0 Å². The van der Waals surface area contributed by atoms with Crippen LogP contribution in [-0.2, 0) is 0 Å². The minimum atomic E-state index is 0.321. The zero-order chi connectivity index (χ0) is 8.97. The van der Waals surface area contributed by atoms with Gasteiger partial charge < -0.3 is 10.8 Å². The Kier molecular flexibility index (Phi) is 4.02. The number of aliphatic hydroxyl groups excluding tert-OH is 1. The summed E-state index contributed by atoms with van der Waals surface area (Å²) in [6.07, 6.45) is 5.11. The molecule has 2 heteroatoms. The average molecular weight is 171 g/mol. The molecule has 0 aromatic rings. The smallest absolute Gasteiger partial charge is 0.0456 e. The fourth-order valence-corrected chi connectivity index (χ4v) is 1.70. The zero-order valence-electron chi connectivity index (χ0n) is 8.00. The third-order valence-corrected chi connectivity index (χ3v) is 2.93. The van der Waals surface area contributed by atoms with Crippen LogP contribution in [0.25, 0.3) is 0 Å². The van der Waals surface area contributed by atoms with Gasteiger partial charge in [0.25, 0.3) is 0 Å². The molecule has 0 radical (unpaired) electrons. The van der Waals surface area contributed by atoms with Gasteiger partial charge >= 0.3 is 0 Å². The molecule has 0 amide bonds. The molecule has 3 N–H and O–H groups in total. The van der Waals surface area contributed by atoms with Crippen molar-refractivity contribution < 1.29 is 5.11 Å².